The summed E-state index contributed by atoms with van der Waals surface area (Å²) in [4.78, 5) is 8.28. The van der Waals surface area contributed by atoms with Gasteiger partial charge >= 0.3 is 0 Å². The maximum atomic E-state index is 5.99. The molecule has 0 unspecified atom stereocenters. The van der Waals surface area contributed by atoms with Gasteiger partial charge in [-0.25, -0.2) is 9.97 Å². The Hall–Kier alpha value is -0.0700. The molecule has 2 heterocycles. The Morgan fingerprint density at radius 2 is 1.94 bits per heavy atom. The maximum Gasteiger partial charge on any atom is 0.176 e. The predicted molar refractivity (Wildman–Crippen MR) is 68.0 cm³/mol. The molecule has 2 aromatic heterocycles. The van der Waals surface area contributed by atoms with Crippen LogP contribution < -0.4 is 0 Å². The summed E-state index contributed by atoms with van der Waals surface area (Å²) in [6.07, 6.45) is 0. The molecule has 16 heavy (non-hydrogen) atoms. The highest BCUT2D eigenvalue weighted by atomic mass is 35.5. The van der Waals surface area contributed by atoms with Gasteiger partial charge in [0.1, 0.15) is 16.0 Å². The fourth-order valence-corrected chi connectivity index (χ4v) is 3.12. The van der Waals surface area contributed by atoms with E-state index in [1.54, 1.807) is 6.07 Å². The third-order valence-electron chi connectivity index (χ3n) is 1.55. The number of hydrogen-bond donors (Lipinski definition) is 0. The van der Waals surface area contributed by atoms with Crippen molar-refractivity contribution >= 4 is 58.1 Å². The Morgan fingerprint density at radius 3 is 2.56 bits per heavy atom. The molecule has 0 aliphatic heterocycles. The van der Waals surface area contributed by atoms with Crippen molar-refractivity contribution in [1.29, 1.82) is 0 Å². The van der Waals surface area contributed by atoms with Crippen molar-refractivity contribution in [2.75, 3.05) is 0 Å². The van der Waals surface area contributed by atoms with Crippen molar-refractivity contribution in [3.63, 3.8) is 0 Å². The fourth-order valence-electron chi connectivity index (χ4n) is 0.902. The van der Waals surface area contributed by atoms with Crippen LogP contribution in [0.4, 0.5) is 0 Å². The highest BCUT2D eigenvalue weighted by molar-refractivity contribution is 8.01. The highest BCUT2D eigenvalue weighted by Crippen LogP contribution is 2.36. The molecular weight excluding hydrogens is 309 g/mol. The molecule has 2 rings (SSSR count). The Labute approximate surface area is 115 Å². The summed E-state index contributed by atoms with van der Waals surface area (Å²) >= 11 is 20.2. The summed E-state index contributed by atoms with van der Waals surface area (Å²) in [6.45, 7) is 1.82. The van der Waals surface area contributed by atoms with Crippen LogP contribution in [-0.2, 0) is 0 Å². The van der Waals surface area contributed by atoms with Gasteiger partial charge in [0.05, 0.1) is 10.0 Å². The number of hydrogen-bond acceptors (Lipinski definition) is 5. The zero-order chi connectivity index (χ0) is 11.7. The van der Waals surface area contributed by atoms with Gasteiger partial charge in [-0.3, -0.25) is 0 Å². The van der Waals surface area contributed by atoms with Gasteiger partial charge in [-0.05, 0) is 36.3 Å². The Morgan fingerprint density at radius 1 is 1.19 bits per heavy atom. The van der Waals surface area contributed by atoms with E-state index in [1.807, 2.05) is 6.92 Å². The van der Waals surface area contributed by atoms with Crippen molar-refractivity contribution in [2.45, 2.75) is 16.3 Å². The normalized spacial score (nSPS) is 10.8. The van der Waals surface area contributed by atoms with Crippen LogP contribution in [-0.4, -0.2) is 14.3 Å². The second kappa shape index (κ2) is 5.06. The standard InChI is InChI=1S/C8H4Cl3N3S2/c1-3-12-8(16-14-3)15-7-5(10)2-4(9)6(11)13-7/h2H,1H3. The van der Waals surface area contributed by atoms with Crippen LogP contribution in [0.5, 0.6) is 0 Å². The lowest BCUT2D eigenvalue weighted by atomic mass is 10.5. The quantitative estimate of drug-likeness (QED) is 0.773. The number of aromatic nitrogens is 3. The van der Waals surface area contributed by atoms with Crippen LogP contribution in [0.1, 0.15) is 5.82 Å². The smallest absolute Gasteiger partial charge is 0.176 e. The Balaban J connectivity index is 2.31. The first-order chi connectivity index (χ1) is 7.56. The Bertz CT molecular complexity index is 529. The number of pyridine rings is 1. The van der Waals surface area contributed by atoms with Crippen LogP contribution in [0, 0.1) is 6.92 Å². The lowest BCUT2D eigenvalue weighted by Crippen LogP contribution is -1.84. The van der Waals surface area contributed by atoms with E-state index in [0.717, 1.165) is 10.2 Å². The van der Waals surface area contributed by atoms with Gasteiger partial charge in [0.25, 0.3) is 0 Å². The van der Waals surface area contributed by atoms with Crippen LogP contribution in [0.2, 0.25) is 15.2 Å². The molecule has 0 N–H and O–H groups in total. The monoisotopic (exact) mass is 311 g/mol. The molecule has 2 aromatic rings. The van der Waals surface area contributed by atoms with E-state index < -0.39 is 0 Å². The summed E-state index contributed by atoms with van der Waals surface area (Å²) in [5.41, 5.74) is 0. The average molecular weight is 313 g/mol. The van der Waals surface area contributed by atoms with E-state index >= 15 is 0 Å². The van der Waals surface area contributed by atoms with E-state index in [0.29, 0.717) is 15.1 Å². The van der Waals surface area contributed by atoms with Gasteiger partial charge in [-0.15, -0.1) is 0 Å². The minimum atomic E-state index is 0.231. The van der Waals surface area contributed by atoms with Crippen molar-refractivity contribution in [1.82, 2.24) is 14.3 Å². The highest BCUT2D eigenvalue weighted by Gasteiger charge is 2.11. The zero-order valence-electron chi connectivity index (χ0n) is 7.87. The molecule has 0 aromatic carbocycles. The zero-order valence-corrected chi connectivity index (χ0v) is 11.8. The van der Waals surface area contributed by atoms with E-state index in [1.165, 1.54) is 23.3 Å². The van der Waals surface area contributed by atoms with Gasteiger partial charge in [-0.1, -0.05) is 34.8 Å². The van der Waals surface area contributed by atoms with Crippen LogP contribution in [0.25, 0.3) is 0 Å². The van der Waals surface area contributed by atoms with E-state index in [4.69, 9.17) is 34.8 Å². The molecule has 3 nitrogen and oxygen atoms in total. The van der Waals surface area contributed by atoms with E-state index in [2.05, 4.69) is 14.3 Å². The van der Waals surface area contributed by atoms with Crippen molar-refractivity contribution in [3.8, 4) is 0 Å². The summed E-state index contributed by atoms with van der Waals surface area (Å²) in [5.74, 6) is 0.726. The minimum absolute atomic E-state index is 0.231. The van der Waals surface area contributed by atoms with Gasteiger partial charge in [0.15, 0.2) is 4.34 Å². The van der Waals surface area contributed by atoms with E-state index in [-0.39, 0.29) is 5.15 Å². The third-order valence-corrected chi connectivity index (χ3v) is 4.47. The van der Waals surface area contributed by atoms with Gasteiger partial charge in [-0.2, -0.15) is 4.37 Å². The lowest BCUT2D eigenvalue weighted by Gasteiger charge is -2.02. The number of halogens is 3. The van der Waals surface area contributed by atoms with Gasteiger partial charge in [0.2, 0.25) is 0 Å². The molecule has 0 spiro atoms. The molecule has 0 radical (unpaired) electrons. The summed E-state index contributed by atoms with van der Waals surface area (Å²) in [7, 11) is 0. The number of rotatable bonds is 2. The SMILES string of the molecule is Cc1nsc(Sc2nc(Cl)c(Cl)cc2Cl)n1. The van der Waals surface area contributed by atoms with Gasteiger partial charge < -0.3 is 0 Å². The largest absolute Gasteiger partial charge is 0.226 e. The first-order valence-electron chi connectivity index (χ1n) is 4.06. The third kappa shape index (κ3) is 2.78. The molecule has 0 atom stereocenters. The molecule has 0 aliphatic carbocycles. The fraction of sp³-hybridized carbons (Fsp3) is 0.125. The first kappa shape index (κ1) is 12.4. The second-order valence-corrected chi connectivity index (χ2v) is 5.92. The van der Waals surface area contributed by atoms with Crippen molar-refractivity contribution in [2.24, 2.45) is 0 Å². The Kier molecular flexibility index (Phi) is 3.92. The maximum absolute atomic E-state index is 5.99. The minimum Gasteiger partial charge on any atom is -0.226 e. The van der Waals surface area contributed by atoms with Crippen molar-refractivity contribution in [3.05, 3.63) is 27.1 Å². The molecule has 0 bridgehead atoms. The van der Waals surface area contributed by atoms with Crippen LogP contribution in [0.3, 0.4) is 0 Å². The summed E-state index contributed by atoms with van der Waals surface area (Å²) < 4.78 is 4.83. The van der Waals surface area contributed by atoms with Crippen LogP contribution in [0.15, 0.2) is 15.4 Å². The molecule has 8 heteroatoms. The number of nitrogens with zero attached hydrogens (tertiary/aromatic N) is 3. The molecule has 0 saturated heterocycles. The second-order valence-electron chi connectivity index (χ2n) is 2.76. The number of aryl methyl sites for hydroxylation is 1. The van der Waals surface area contributed by atoms with E-state index in [9.17, 15) is 0 Å². The summed E-state index contributed by atoms with van der Waals surface area (Å²) in [5, 5.41) is 1.60. The van der Waals surface area contributed by atoms with Gasteiger partial charge in [0, 0.05) is 0 Å². The molecular formula is C8H4Cl3N3S2. The average Bonchev–Trinajstić information content (AvgIpc) is 2.60. The first-order valence-corrected chi connectivity index (χ1v) is 6.78. The van der Waals surface area contributed by atoms with Crippen LogP contribution >= 0.6 is 58.1 Å². The molecule has 0 amide bonds. The lowest BCUT2D eigenvalue weighted by molar-refractivity contribution is 1.09. The molecule has 0 aliphatic rings. The van der Waals surface area contributed by atoms with Crippen molar-refractivity contribution < 1.29 is 0 Å². The molecule has 0 fully saturated rings. The predicted octanol–water partition coefficient (Wildman–Crippen LogP) is 4.35. The molecule has 84 valence electrons. The summed E-state index contributed by atoms with van der Waals surface area (Å²) in [6, 6.07) is 1.56. The molecule has 0 saturated carbocycles. The topological polar surface area (TPSA) is 38.7 Å².